The summed E-state index contributed by atoms with van der Waals surface area (Å²) in [6.07, 6.45) is 13.4. The molecule has 0 radical (unpaired) electrons. The van der Waals surface area contributed by atoms with E-state index in [1.165, 1.54) is 75.3 Å². The van der Waals surface area contributed by atoms with Crippen molar-refractivity contribution in [2.24, 2.45) is 0 Å². The maximum absolute atomic E-state index is 2.40. The second-order valence-electron chi connectivity index (χ2n) is 7.95. The molecular formula is C24H36Cl2SiTi-2. The van der Waals surface area contributed by atoms with Gasteiger partial charge in [0.2, 0.25) is 0 Å². The molecular weight excluding hydrogens is 435 g/mol. The van der Waals surface area contributed by atoms with Crippen molar-refractivity contribution in [2.45, 2.75) is 91.1 Å². The Bertz CT molecular complexity index is 594. The van der Waals surface area contributed by atoms with Gasteiger partial charge in [0.15, 0.2) is 0 Å². The van der Waals surface area contributed by atoms with E-state index in [0.717, 1.165) is 0 Å². The van der Waals surface area contributed by atoms with E-state index in [-0.39, 0.29) is 31.0 Å². The van der Waals surface area contributed by atoms with Crippen molar-refractivity contribution < 1.29 is 44.0 Å². The average Bonchev–Trinajstić information content (AvgIpc) is 3.24. The summed E-state index contributed by atoms with van der Waals surface area (Å²) in [6.45, 7) is 9.01. The molecule has 2 aromatic rings. The molecule has 28 heavy (non-hydrogen) atoms. The zero-order chi connectivity index (χ0) is 18.9. The first-order chi connectivity index (χ1) is 12.5. The first-order valence-corrected chi connectivity index (χ1v) is 15.4. The predicted molar refractivity (Wildman–Crippen MR) is 114 cm³/mol. The number of aryl methyl sites for hydroxylation is 6. The molecule has 2 aliphatic carbocycles. The Morgan fingerprint density at radius 3 is 1.36 bits per heavy atom. The van der Waals surface area contributed by atoms with Gasteiger partial charge in [-0.05, 0) is 0 Å². The van der Waals surface area contributed by atoms with Crippen LogP contribution in [0.1, 0.15) is 72.9 Å². The van der Waals surface area contributed by atoms with Gasteiger partial charge >= 0.3 is 38.5 Å². The predicted octanol–water partition coefficient (Wildman–Crippen LogP) is 0.486. The maximum atomic E-state index is 2.40. The second kappa shape index (κ2) is 15.1. The Balaban J connectivity index is 0.000000415. The molecule has 0 amide bonds. The van der Waals surface area contributed by atoms with Gasteiger partial charge in [-0.1, -0.05) is 78.1 Å². The molecule has 4 heteroatoms. The SMILES string of the molecule is CCc1cc2c([cH-]1)CCCC2.CCc1cc2c([cH-]1)CCCC2.C[Si](C)=[Ti+2].[Cl-].[Cl-]. The molecule has 0 aromatic heterocycles. The zero-order valence-electron chi connectivity index (χ0n) is 18.1. The molecule has 4 rings (SSSR count). The molecule has 156 valence electrons. The molecule has 2 aliphatic rings. The van der Waals surface area contributed by atoms with E-state index in [1.54, 1.807) is 22.3 Å². The van der Waals surface area contributed by atoms with Gasteiger partial charge < -0.3 is 24.8 Å². The molecule has 0 bridgehead atoms. The van der Waals surface area contributed by atoms with E-state index in [9.17, 15) is 0 Å². The van der Waals surface area contributed by atoms with Crippen LogP contribution in [0.2, 0.25) is 13.1 Å². The van der Waals surface area contributed by atoms with Crippen molar-refractivity contribution in [2.75, 3.05) is 0 Å². The van der Waals surface area contributed by atoms with Gasteiger partial charge in [-0.2, -0.15) is 45.5 Å². The summed E-state index contributed by atoms with van der Waals surface area (Å²) in [6, 6.07) is 9.59. The number of rotatable bonds is 2. The van der Waals surface area contributed by atoms with Crippen molar-refractivity contribution in [1.29, 1.82) is 0 Å². The van der Waals surface area contributed by atoms with Crippen LogP contribution in [0.4, 0.5) is 0 Å². The van der Waals surface area contributed by atoms with Crippen LogP contribution in [-0.4, -0.2) is 6.19 Å². The fraction of sp³-hybridized carbons (Fsp3) is 0.583. The molecule has 0 saturated heterocycles. The molecule has 0 N–H and O–H groups in total. The second-order valence-corrected chi connectivity index (χ2v) is 14.6. The van der Waals surface area contributed by atoms with Crippen LogP contribution in [0.25, 0.3) is 0 Å². The first-order valence-electron chi connectivity index (χ1n) is 10.6. The Labute approximate surface area is 198 Å². The van der Waals surface area contributed by atoms with Crippen LogP contribution in [0.3, 0.4) is 0 Å². The Morgan fingerprint density at radius 1 is 0.750 bits per heavy atom. The van der Waals surface area contributed by atoms with Gasteiger partial charge in [0.1, 0.15) is 0 Å². The van der Waals surface area contributed by atoms with Gasteiger partial charge in [-0.25, -0.2) is 12.1 Å². The Kier molecular flexibility index (Phi) is 15.2. The van der Waals surface area contributed by atoms with E-state index in [1.807, 2.05) is 0 Å². The minimum atomic E-state index is 0. The third-order valence-electron chi connectivity index (χ3n) is 5.36. The average molecular weight is 471 g/mol. The molecule has 0 atom stereocenters. The monoisotopic (exact) mass is 470 g/mol. The number of hydrogen-bond donors (Lipinski definition) is 0. The van der Waals surface area contributed by atoms with Crippen molar-refractivity contribution >= 4 is 6.19 Å². The van der Waals surface area contributed by atoms with E-state index in [2.05, 4.69) is 70.4 Å². The van der Waals surface area contributed by atoms with Gasteiger partial charge in [0.05, 0.1) is 0 Å². The first kappa shape index (κ1) is 28.2. The standard InChI is InChI=1S/2C11H15.C2H6Si.2ClH.Ti/c2*1-2-9-7-10-5-3-4-6-11(10)8-9;1-3-2;;;/h2*7-8H,2-6H2,1H3;1-2H3;2*1H;/q2*-1;;;;+2/p-2. The molecule has 2 aromatic carbocycles. The van der Waals surface area contributed by atoms with Crippen molar-refractivity contribution in [3.63, 3.8) is 0 Å². The van der Waals surface area contributed by atoms with Crippen LogP contribution >= 0.6 is 0 Å². The normalized spacial score (nSPS) is 13.9. The van der Waals surface area contributed by atoms with Crippen molar-refractivity contribution in [3.05, 3.63) is 57.6 Å². The quantitative estimate of drug-likeness (QED) is 0.442. The summed E-state index contributed by atoms with van der Waals surface area (Å²) >= 11 is 2.27. The third kappa shape index (κ3) is 9.35. The topological polar surface area (TPSA) is 0 Å². The number of hydrogen-bond acceptors (Lipinski definition) is 0. The van der Waals surface area contributed by atoms with Crippen LogP contribution in [0.15, 0.2) is 24.3 Å². The van der Waals surface area contributed by atoms with E-state index in [4.69, 9.17) is 0 Å². The molecule has 0 aliphatic heterocycles. The summed E-state index contributed by atoms with van der Waals surface area (Å²) in [7, 11) is 0. The largest absolute Gasteiger partial charge is 1.00 e. The maximum Gasteiger partial charge on any atom is -1.00 e. The molecule has 0 spiro atoms. The van der Waals surface area contributed by atoms with Crippen LogP contribution in [0.5, 0.6) is 0 Å². The third-order valence-corrected chi connectivity index (χ3v) is 5.36. The van der Waals surface area contributed by atoms with Crippen molar-refractivity contribution in [1.82, 2.24) is 0 Å². The fourth-order valence-electron chi connectivity index (χ4n) is 3.95. The molecule has 0 saturated carbocycles. The summed E-state index contributed by atoms with van der Waals surface area (Å²) in [5.74, 6) is 0. The van der Waals surface area contributed by atoms with E-state index < -0.39 is 0 Å². The summed E-state index contributed by atoms with van der Waals surface area (Å²) in [5, 5.41) is 0. The van der Waals surface area contributed by atoms with Gasteiger partial charge in [0, 0.05) is 0 Å². The molecule has 0 unspecified atom stereocenters. The van der Waals surface area contributed by atoms with Gasteiger partial charge in [-0.15, -0.1) is 0 Å². The summed E-state index contributed by atoms with van der Waals surface area (Å²) in [5.41, 5.74) is 9.61. The van der Waals surface area contributed by atoms with Gasteiger partial charge in [-0.3, -0.25) is 0 Å². The van der Waals surface area contributed by atoms with E-state index >= 15 is 0 Å². The molecule has 0 heterocycles. The Hall–Kier alpha value is 0.211. The summed E-state index contributed by atoms with van der Waals surface area (Å²) < 4.78 is 0. The number of halogens is 2. The minimum Gasteiger partial charge on any atom is -1.00 e. The minimum absolute atomic E-state index is 0. The summed E-state index contributed by atoms with van der Waals surface area (Å²) in [4.78, 5) is 0. The number of fused-ring (bicyclic) bond motifs is 2. The van der Waals surface area contributed by atoms with Crippen LogP contribution in [-0.2, 0) is 57.7 Å². The van der Waals surface area contributed by atoms with Crippen molar-refractivity contribution in [3.8, 4) is 0 Å². The fourth-order valence-corrected chi connectivity index (χ4v) is 3.95. The molecule has 0 nitrogen and oxygen atoms in total. The van der Waals surface area contributed by atoms with Crippen LogP contribution in [0, 0.1) is 0 Å². The Morgan fingerprint density at radius 2 is 1.07 bits per heavy atom. The zero-order valence-corrected chi connectivity index (χ0v) is 22.2. The van der Waals surface area contributed by atoms with E-state index in [0.29, 0.717) is 0 Å². The smallest absolute Gasteiger partial charge is 1.00 e. The van der Waals surface area contributed by atoms with Gasteiger partial charge in [0.25, 0.3) is 0 Å². The van der Waals surface area contributed by atoms with Crippen LogP contribution < -0.4 is 24.8 Å². The molecule has 0 fully saturated rings.